The van der Waals surface area contributed by atoms with Crippen molar-refractivity contribution in [2.24, 2.45) is 0 Å². The van der Waals surface area contributed by atoms with Gasteiger partial charge in [-0.3, -0.25) is 0 Å². The number of nitrogens with zero attached hydrogens (tertiary/aromatic N) is 6. The van der Waals surface area contributed by atoms with Gasteiger partial charge in [0.15, 0.2) is 5.69 Å². The normalized spacial score (nSPS) is 13.1. The van der Waals surface area contributed by atoms with Crippen LogP contribution in [0.4, 0.5) is 5.69 Å². The van der Waals surface area contributed by atoms with Gasteiger partial charge in [0.1, 0.15) is 0 Å². The van der Waals surface area contributed by atoms with Gasteiger partial charge in [-0.05, 0) is 333 Å². The largest absolute Gasteiger partial charge is 0.309 e. The van der Waals surface area contributed by atoms with E-state index in [0.717, 1.165) is 55.2 Å². The van der Waals surface area contributed by atoms with Gasteiger partial charge in [-0.1, -0.05) is 374 Å². The summed E-state index contributed by atoms with van der Waals surface area (Å²) >= 11 is 0. The van der Waals surface area contributed by atoms with Gasteiger partial charge in [-0.25, -0.2) is 4.85 Å². The van der Waals surface area contributed by atoms with E-state index in [1.807, 2.05) is 24.3 Å². The molecule has 4 aromatic heterocycles. The van der Waals surface area contributed by atoms with Crippen LogP contribution in [0, 0.1) is 17.9 Å². The van der Waals surface area contributed by atoms with Crippen LogP contribution in [-0.4, -0.2) is 34.4 Å². The second-order valence-electron chi connectivity index (χ2n) is 52.6. The van der Waals surface area contributed by atoms with Gasteiger partial charge in [0.05, 0.1) is 78.5 Å². The Morgan fingerprint density at radius 3 is 0.541 bits per heavy atom. The number of rotatable bonds is 10. The van der Waals surface area contributed by atoms with Crippen LogP contribution >= 0.6 is 0 Å². The monoisotopic (exact) mass is 1960 g/mol. The van der Waals surface area contributed by atoms with E-state index in [2.05, 4.69) is 526 Å². The first-order chi connectivity index (χ1) is 69.6. The van der Waals surface area contributed by atoms with Crippen LogP contribution in [0.2, 0.25) is 39.3 Å². The lowest BCUT2D eigenvalue weighted by molar-refractivity contribution is 0.590. The van der Waals surface area contributed by atoms with Gasteiger partial charge >= 0.3 is 0 Å². The molecule has 0 fully saturated rings. The maximum Gasteiger partial charge on any atom is 0.187 e. The molecule has 0 aliphatic carbocycles. The van der Waals surface area contributed by atoms with Gasteiger partial charge < -0.3 is 18.3 Å². The summed E-state index contributed by atoms with van der Waals surface area (Å²) in [5, 5.41) is 32.6. The zero-order chi connectivity index (χ0) is 105. The molecule has 6 nitrogen and oxygen atoms in total. The summed E-state index contributed by atoms with van der Waals surface area (Å²) in [6, 6.07) is 123. The highest BCUT2D eigenvalue weighted by Gasteiger charge is 2.33. The van der Waals surface area contributed by atoms with Gasteiger partial charge in [0.25, 0.3) is 0 Å². The Hall–Kier alpha value is -14.4. The standard InChI is InChI=1S/C72H80N2Si2.C68H62N4/c1-69(2,3)47-23-35-63-57(39-47)58-40-48(70(4,5)6)24-36-64(58)73(63)51-27-33-55-61(43-51)67(45-19-29-53(30-20-45)75(13,14)15)56-34-28-52(44-62(56)68(55)46-21-31-54(32-22-46)76(16,17)18)74-65-37-25-49(71(7,8)9)41-59(65)60-42-50(72(10,11)12)26-38-66(60)74;1-65(2,3)44-20-30-59-53(34-44)54-35-45(66(4,5)6)21-31-60(54)71(59)49-27-29-52-57(38-49)63(42-16-14-41(40-69)15-17-42)51-28-26-50(39-58(51)64(52)43-18-24-48(70-13)25-19-43)72-61-32-22-46(67(7,8)9)36-55(61)56-37-47(68(10,11)12)23-33-62(56)72/h19-44H,1-18H3;14-39H,1-12H3. The fourth-order valence-electron chi connectivity index (χ4n) is 22.8. The van der Waals surface area contributed by atoms with E-state index >= 15 is 0 Å². The molecule has 8 heteroatoms. The molecule has 0 aliphatic heterocycles. The van der Waals surface area contributed by atoms with Crippen LogP contribution in [0.5, 0.6) is 0 Å². The SMILES string of the molecule is CC(C)(C)c1ccc2c(c1)c1cc(C(C)(C)C)ccc1n2-c1ccc2c(-c3ccc([Si](C)(C)C)cc3)c3cc(-n4c5ccc(C(C)(C)C)cc5c5cc(C(C)(C)C)ccc54)ccc3c(-c3ccc([Si](C)(C)C)cc3)c2c1.[C-]#[N+]c1ccc(-c2c3ccc(-n4c5ccc(C(C)(C)C)cc5c5cc(C(C)(C)C)ccc54)cc3c(-c3ccc(C#N)cc3)c3ccc(-n4c5ccc(C(C)(C)C)cc5c5cc(C(C)(C)C)ccc54)cc23)cc1. The third-order valence-corrected chi connectivity index (χ3v) is 36.0. The summed E-state index contributed by atoms with van der Waals surface area (Å²) in [4.78, 5) is 3.79. The summed E-state index contributed by atoms with van der Waals surface area (Å²) in [6.45, 7) is 77.9. The highest BCUT2D eigenvalue weighted by atomic mass is 28.3. The topological polar surface area (TPSA) is 47.9 Å². The number of fused-ring (bicyclic) bond motifs is 16. The second kappa shape index (κ2) is 35.2. The molecule has 0 saturated carbocycles. The van der Waals surface area contributed by atoms with Crippen molar-refractivity contribution in [2.45, 2.75) is 249 Å². The minimum absolute atomic E-state index is 0.0131. The summed E-state index contributed by atoms with van der Waals surface area (Å²) in [5.41, 5.74) is 35.3. The quantitative estimate of drug-likeness (QED) is 0.0765. The van der Waals surface area contributed by atoms with E-state index in [1.165, 1.54) is 197 Å². The van der Waals surface area contributed by atoms with Crippen molar-refractivity contribution in [1.29, 1.82) is 5.26 Å². The Morgan fingerprint density at radius 1 is 0.203 bits per heavy atom. The van der Waals surface area contributed by atoms with E-state index in [1.54, 1.807) is 0 Å². The molecule has 18 aromatic carbocycles. The first-order valence-corrected chi connectivity index (χ1v) is 60.2. The number of benzene rings is 18. The Labute approximate surface area is 878 Å². The minimum atomic E-state index is -1.58. The third-order valence-electron chi connectivity index (χ3n) is 31.9. The van der Waals surface area contributed by atoms with E-state index in [-0.39, 0.29) is 43.3 Å². The number of hydrogen-bond acceptors (Lipinski definition) is 1. The summed E-state index contributed by atoms with van der Waals surface area (Å²) in [6.07, 6.45) is 0. The highest BCUT2D eigenvalue weighted by molar-refractivity contribution is 6.89. The molecular formula is C140H142N6Si2. The third kappa shape index (κ3) is 17.6. The van der Waals surface area contributed by atoms with Crippen molar-refractivity contribution in [3.05, 3.63) is 377 Å². The second-order valence-corrected chi connectivity index (χ2v) is 62.8. The molecule has 0 aliphatic rings. The molecule has 0 amide bonds. The van der Waals surface area contributed by atoms with Crippen LogP contribution < -0.4 is 10.4 Å². The van der Waals surface area contributed by atoms with Crippen LogP contribution in [-0.2, 0) is 43.3 Å². The zero-order valence-corrected chi connectivity index (χ0v) is 94.7. The van der Waals surface area contributed by atoms with E-state index in [9.17, 15) is 5.26 Å². The number of aromatic nitrogens is 4. The predicted octanol–water partition coefficient (Wildman–Crippen LogP) is 38.9. The maximum absolute atomic E-state index is 9.99. The molecule has 740 valence electrons. The van der Waals surface area contributed by atoms with Crippen molar-refractivity contribution >= 4 is 163 Å². The van der Waals surface area contributed by atoms with Crippen LogP contribution in [0.1, 0.15) is 216 Å². The Morgan fingerprint density at radius 2 is 0.378 bits per heavy atom. The Kier molecular flexibility index (Phi) is 23.7. The lowest BCUT2D eigenvalue weighted by Crippen LogP contribution is -2.37. The first kappa shape index (κ1) is 99.6. The maximum atomic E-state index is 9.99. The van der Waals surface area contributed by atoms with Crippen LogP contribution in [0.3, 0.4) is 0 Å². The van der Waals surface area contributed by atoms with Crippen LogP contribution in [0.15, 0.2) is 315 Å². The fourth-order valence-corrected chi connectivity index (χ4v) is 25.2. The number of nitriles is 1. The number of hydrogen-bond donors (Lipinski definition) is 0. The van der Waals surface area contributed by atoms with Crippen molar-refractivity contribution in [3.8, 4) is 73.3 Å². The Bertz CT molecular complexity index is 8490. The summed E-state index contributed by atoms with van der Waals surface area (Å²) < 4.78 is 9.97. The van der Waals surface area contributed by atoms with E-state index in [0.29, 0.717) is 11.3 Å². The van der Waals surface area contributed by atoms with Gasteiger partial charge in [-0.2, -0.15) is 5.26 Å². The lowest BCUT2D eigenvalue weighted by atomic mass is 9.85. The van der Waals surface area contributed by atoms with E-state index in [4.69, 9.17) is 6.57 Å². The van der Waals surface area contributed by atoms with Crippen molar-refractivity contribution < 1.29 is 0 Å². The molecular weight excluding hydrogens is 1820 g/mol. The molecule has 4 heterocycles. The zero-order valence-electron chi connectivity index (χ0n) is 92.7. The summed E-state index contributed by atoms with van der Waals surface area (Å²) in [5.74, 6) is 0. The van der Waals surface area contributed by atoms with Crippen LogP contribution in [0.25, 0.3) is 202 Å². The molecule has 0 radical (unpaired) electrons. The fraction of sp³-hybridized carbons (Fsp3) is 0.271. The average molecular weight is 1960 g/mol. The minimum Gasteiger partial charge on any atom is -0.309 e. The van der Waals surface area contributed by atoms with Crippen molar-refractivity contribution in [1.82, 2.24) is 18.3 Å². The molecule has 0 spiro atoms. The van der Waals surface area contributed by atoms with E-state index < -0.39 is 16.1 Å². The molecule has 0 unspecified atom stereocenters. The molecule has 22 rings (SSSR count). The predicted molar refractivity (Wildman–Crippen MR) is 649 cm³/mol. The summed E-state index contributed by atoms with van der Waals surface area (Å²) in [7, 11) is -3.16. The molecule has 0 bridgehead atoms. The molecule has 22 aromatic rings. The molecule has 148 heavy (non-hydrogen) atoms. The molecule has 0 atom stereocenters. The van der Waals surface area contributed by atoms with Crippen molar-refractivity contribution in [3.63, 3.8) is 0 Å². The first-order valence-electron chi connectivity index (χ1n) is 53.2. The Balaban J connectivity index is 0.000000174. The molecule has 0 saturated heterocycles. The van der Waals surface area contributed by atoms with Gasteiger partial charge in [-0.15, -0.1) is 0 Å². The van der Waals surface area contributed by atoms with Gasteiger partial charge in [0.2, 0.25) is 0 Å². The average Bonchev–Trinajstić information content (AvgIpc) is 1.44. The smallest absolute Gasteiger partial charge is 0.187 e. The van der Waals surface area contributed by atoms with Gasteiger partial charge in [0, 0.05) is 65.8 Å². The lowest BCUT2D eigenvalue weighted by Gasteiger charge is -2.22. The molecule has 0 N–H and O–H groups in total. The highest BCUT2D eigenvalue weighted by Crippen LogP contribution is 2.53. The van der Waals surface area contributed by atoms with Crippen molar-refractivity contribution in [2.75, 3.05) is 0 Å².